The normalized spacial score (nSPS) is 18.8. The minimum atomic E-state index is -0.157. The maximum Gasteiger partial charge on any atom is 0.260 e. The van der Waals surface area contributed by atoms with Crippen LogP contribution >= 0.6 is 0 Å². The first-order valence-electron chi connectivity index (χ1n) is 10.6. The van der Waals surface area contributed by atoms with Crippen molar-refractivity contribution in [1.82, 2.24) is 20.4 Å². The molecule has 1 fully saturated rings. The Balaban J connectivity index is 1.41. The summed E-state index contributed by atoms with van der Waals surface area (Å²) in [6, 6.07) is 7.32. The van der Waals surface area contributed by atoms with Crippen LogP contribution in [0.1, 0.15) is 61.6 Å². The molecule has 1 aromatic carbocycles. The Bertz CT molecular complexity index is 839. The molecule has 0 bridgehead atoms. The van der Waals surface area contributed by atoms with Gasteiger partial charge in [-0.2, -0.15) is 4.98 Å². The Morgan fingerprint density at radius 1 is 1.20 bits per heavy atom. The fourth-order valence-electron chi connectivity index (χ4n) is 3.82. The van der Waals surface area contributed by atoms with Gasteiger partial charge in [0.1, 0.15) is 5.75 Å². The van der Waals surface area contributed by atoms with E-state index in [9.17, 15) is 9.59 Å². The third-order valence-corrected chi connectivity index (χ3v) is 5.38. The Hall–Kier alpha value is -2.90. The van der Waals surface area contributed by atoms with Crippen LogP contribution in [0.25, 0.3) is 0 Å². The first kappa shape index (κ1) is 21.8. The van der Waals surface area contributed by atoms with Crippen molar-refractivity contribution >= 4 is 11.8 Å². The van der Waals surface area contributed by atoms with Crippen molar-refractivity contribution in [3.63, 3.8) is 0 Å². The molecule has 162 valence electrons. The molecule has 1 aliphatic rings. The van der Waals surface area contributed by atoms with Gasteiger partial charge in [-0.1, -0.05) is 5.16 Å². The Labute approximate surface area is 177 Å². The molecule has 0 radical (unpaired) electrons. The number of piperidine rings is 1. The van der Waals surface area contributed by atoms with E-state index in [1.807, 2.05) is 4.90 Å². The highest BCUT2D eigenvalue weighted by molar-refractivity contribution is 5.94. The van der Waals surface area contributed by atoms with E-state index in [1.165, 1.54) is 0 Å². The highest BCUT2D eigenvalue weighted by Gasteiger charge is 2.28. The van der Waals surface area contributed by atoms with E-state index in [0.29, 0.717) is 42.4 Å². The molecule has 30 heavy (non-hydrogen) atoms. The molecule has 0 saturated carbocycles. The van der Waals surface area contributed by atoms with E-state index < -0.39 is 0 Å². The number of benzene rings is 1. The highest BCUT2D eigenvalue weighted by atomic mass is 16.5. The summed E-state index contributed by atoms with van der Waals surface area (Å²) in [7, 11) is 0. The predicted molar refractivity (Wildman–Crippen MR) is 111 cm³/mol. The number of rotatable bonds is 8. The van der Waals surface area contributed by atoms with E-state index in [1.54, 1.807) is 31.2 Å². The minimum Gasteiger partial charge on any atom is -0.484 e. The topological polar surface area (TPSA) is 97.6 Å². The van der Waals surface area contributed by atoms with E-state index in [-0.39, 0.29) is 30.5 Å². The second-order valence-electron chi connectivity index (χ2n) is 7.84. The first-order valence-corrected chi connectivity index (χ1v) is 10.6. The van der Waals surface area contributed by atoms with Gasteiger partial charge in [-0.3, -0.25) is 9.59 Å². The molecule has 1 aromatic heterocycles. The van der Waals surface area contributed by atoms with Crippen LogP contribution in [-0.4, -0.2) is 52.1 Å². The van der Waals surface area contributed by atoms with Crippen LogP contribution < -0.4 is 10.1 Å². The van der Waals surface area contributed by atoms with Gasteiger partial charge in [-0.05, 0) is 70.7 Å². The van der Waals surface area contributed by atoms with Crippen molar-refractivity contribution in [2.24, 2.45) is 0 Å². The number of carbonyl (C=O) groups is 2. The van der Waals surface area contributed by atoms with Crippen molar-refractivity contribution in [2.45, 2.75) is 65.0 Å². The zero-order valence-corrected chi connectivity index (χ0v) is 17.9. The summed E-state index contributed by atoms with van der Waals surface area (Å²) in [6.07, 6.45) is 4.57. The molecule has 2 heterocycles. The molecule has 3 rings (SSSR count). The van der Waals surface area contributed by atoms with Crippen LogP contribution in [0.3, 0.4) is 0 Å². The van der Waals surface area contributed by atoms with Crippen LogP contribution in [0.2, 0.25) is 0 Å². The lowest BCUT2D eigenvalue weighted by molar-refractivity contribution is -0.139. The number of nitrogens with one attached hydrogen (secondary N) is 1. The summed E-state index contributed by atoms with van der Waals surface area (Å²) in [6.45, 7) is 6.47. The highest BCUT2D eigenvalue weighted by Crippen LogP contribution is 2.23. The molecule has 1 saturated heterocycles. The second kappa shape index (κ2) is 10.2. The maximum absolute atomic E-state index is 12.5. The fraction of sp³-hybridized carbons (Fsp3) is 0.545. The number of amides is 2. The van der Waals surface area contributed by atoms with Gasteiger partial charge < -0.3 is 19.5 Å². The molecule has 1 N–H and O–H groups in total. The molecule has 0 aliphatic carbocycles. The number of likely N-dealkylation sites (tertiary alicyclic amines) is 1. The number of aromatic nitrogens is 2. The molecule has 0 spiro atoms. The summed E-state index contributed by atoms with van der Waals surface area (Å²) in [5.74, 6) is 1.61. The van der Waals surface area contributed by atoms with E-state index in [0.717, 1.165) is 19.3 Å². The third kappa shape index (κ3) is 5.81. The molecular formula is C22H30N4O4. The molecule has 8 heteroatoms. The van der Waals surface area contributed by atoms with Crippen LogP contribution in [0, 0.1) is 6.92 Å². The Morgan fingerprint density at radius 2 is 1.90 bits per heavy atom. The summed E-state index contributed by atoms with van der Waals surface area (Å²) in [5, 5.41) is 6.60. The third-order valence-electron chi connectivity index (χ3n) is 5.38. The maximum atomic E-state index is 12.5. The van der Waals surface area contributed by atoms with Crippen LogP contribution in [-0.2, 0) is 11.2 Å². The van der Waals surface area contributed by atoms with Crippen LogP contribution in [0.4, 0.5) is 0 Å². The lowest BCUT2D eigenvalue weighted by Crippen LogP contribution is -2.49. The fourth-order valence-corrected chi connectivity index (χ4v) is 3.82. The lowest BCUT2D eigenvalue weighted by Gasteiger charge is -2.38. The number of hydrogen-bond acceptors (Lipinski definition) is 6. The van der Waals surface area contributed by atoms with Crippen molar-refractivity contribution in [3.8, 4) is 5.75 Å². The average Bonchev–Trinajstić information content (AvgIpc) is 3.15. The van der Waals surface area contributed by atoms with Crippen molar-refractivity contribution < 1.29 is 18.8 Å². The first-order chi connectivity index (χ1) is 14.4. The molecule has 2 amide bonds. The zero-order chi connectivity index (χ0) is 21.5. The van der Waals surface area contributed by atoms with Gasteiger partial charge in [-0.15, -0.1) is 0 Å². The van der Waals surface area contributed by atoms with Gasteiger partial charge in [0.2, 0.25) is 5.89 Å². The van der Waals surface area contributed by atoms with Crippen molar-refractivity contribution in [2.75, 3.05) is 13.2 Å². The van der Waals surface area contributed by atoms with E-state index >= 15 is 0 Å². The molecule has 8 nitrogen and oxygen atoms in total. The number of aryl methyl sites for hydroxylation is 2. The van der Waals surface area contributed by atoms with Gasteiger partial charge in [0, 0.05) is 30.6 Å². The molecule has 2 unspecified atom stereocenters. The van der Waals surface area contributed by atoms with Gasteiger partial charge in [0.25, 0.3) is 11.8 Å². The van der Waals surface area contributed by atoms with E-state index in [4.69, 9.17) is 9.26 Å². The van der Waals surface area contributed by atoms with E-state index in [2.05, 4.69) is 29.3 Å². The number of nitrogens with zero attached hydrogens (tertiary/aromatic N) is 3. The predicted octanol–water partition coefficient (Wildman–Crippen LogP) is 2.91. The monoisotopic (exact) mass is 414 g/mol. The largest absolute Gasteiger partial charge is 0.484 e. The minimum absolute atomic E-state index is 0.00737. The SMILES string of the molecule is Cc1noc(CCCNC(=O)c2ccc(OCC(=O)N3C(C)CCCC3C)cc2)n1. The summed E-state index contributed by atoms with van der Waals surface area (Å²) in [5.41, 5.74) is 0.542. The standard InChI is InChI=1S/C22H30N4O4/c1-15-6-4-7-16(2)26(15)21(27)14-29-19-11-9-18(10-12-19)22(28)23-13-5-8-20-24-17(3)25-30-20/h9-12,15-16H,4-8,13-14H2,1-3H3,(H,23,28). The summed E-state index contributed by atoms with van der Waals surface area (Å²) < 4.78 is 10.7. The Kier molecular flexibility index (Phi) is 7.43. The lowest BCUT2D eigenvalue weighted by atomic mass is 9.97. The Morgan fingerprint density at radius 3 is 2.53 bits per heavy atom. The number of carbonyl (C=O) groups excluding carboxylic acids is 2. The summed E-state index contributed by atoms with van der Waals surface area (Å²) in [4.78, 5) is 30.9. The molecule has 1 aliphatic heterocycles. The molecule has 2 aromatic rings. The molecule has 2 atom stereocenters. The van der Waals surface area contributed by atoms with Gasteiger partial charge in [0.05, 0.1) is 0 Å². The second-order valence-corrected chi connectivity index (χ2v) is 7.84. The van der Waals surface area contributed by atoms with Gasteiger partial charge in [0.15, 0.2) is 12.4 Å². The molecular weight excluding hydrogens is 384 g/mol. The average molecular weight is 415 g/mol. The summed E-state index contributed by atoms with van der Waals surface area (Å²) >= 11 is 0. The van der Waals surface area contributed by atoms with Crippen LogP contribution in [0.5, 0.6) is 5.75 Å². The van der Waals surface area contributed by atoms with Crippen molar-refractivity contribution in [3.05, 3.63) is 41.5 Å². The number of hydrogen-bond donors (Lipinski definition) is 1. The van der Waals surface area contributed by atoms with Crippen LogP contribution in [0.15, 0.2) is 28.8 Å². The van der Waals surface area contributed by atoms with Crippen molar-refractivity contribution in [1.29, 1.82) is 0 Å². The smallest absolute Gasteiger partial charge is 0.260 e. The van der Waals surface area contributed by atoms with Gasteiger partial charge in [-0.25, -0.2) is 0 Å². The quantitative estimate of drug-likeness (QED) is 0.667. The van der Waals surface area contributed by atoms with Gasteiger partial charge >= 0.3 is 0 Å². The number of ether oxygens (including phenoxy) is 1. The zero-order valence-electron chi connectivity index (χ0n) is 17.9.